The summed E-state index contributed by atoms with van der Waals surface area (Å²) in [7, 11) is 0. The Morgan fingerprint density at radius 3 is 2.46 bits per heavy atom. The molecule has 1 aliphatic rings. The van der Waals surface area contributed by atoms with Gasteiger partial charge in [0.15, 0.2) is 6.29 Å². The summed E-state index contributed by atoms with van der Waals surface area (Å²) in [6.45, 7) is 8.44. The van der Waals surface area contributed by atoms with E-state index in [9.17, 15) is 4.79 Å². The van der Waals surface area contributed by atoms with Crippen LogP contribution in [0.4, 0.5) is 16.2 Å². The van der Waals surface area contributed by atoms with E-state index in [1.54, 1.807) is 0 Å². The standard InChI is InChI=1S/C22H29N3O3/c1-4-27-21(28-5-2)15-25-14-19(18-8-6-7-9-20(18)25)24-22(26)23-17-12-10-16(3)11-13-17/h6-13,19,21H,4-5,14-15H2,1-3H3,(H2,23,24,26). The largest absolute Gasteiger partial charge is 0.364 e. The Hall–Kier alpha value is -2.57. The minimum atomic E-state index is -0.289. The highest BCUT2D eigenvalue weighted by Gasteiger charge is 2.31. The van der Waals surface area contributed by atoms with Gasteiger partial charge in [-0.1, -0.05) is 35.9 Å². The fourth-order valence-corrected chi connectivity index (χ4v) is 3.45. The Bertz CT molecular complexity index is 773. The number of hydrogen-bond acceptors (Lipinski definition) is 4. The number of benzene rings is 2. The molecule has 0 radical (unpaired) electrons. The number of anilines is 2. The Morgan fingerprint density at radius 2 is 1.79 bits per heavy atom. The summed E-state index contributed by atoms with van der Waals surface area (Å²) in [6, 6.07) is 15.6. The Balaban J connectivity index is 1.67. The van der Waals surface area contributed by atoms with E-state index in [1.807, 2.05) is 57.2 Å². The van der Waals surface area contributed by atoms with E-state index in [0.717, 1.165) is 22.5 Å². The predicted octanol–water partition coefficient (Wildman–Crippen LogP) is 4.08. The number of aryl methyl sites for hydroxylation is 1. The fraction of sp³-hybridized carbons (Fsp3) is 0.409. The van der Waals surface area contributed by atoms with Crippen molar-refractivity contribution in [3.63, 3.8) is 0 Å². The van der Waals surface area contributed by atoms with Gasteiger partial charge in [-0.25, -0.2) is 4.79 Å². The summed E-state index contributed by atoms with van der Waals surface area (Å²) in [5.74, 6) is 0. The number of ether oxygens (including phenoxy) is 2. The van der Waals surface area contributed by atoms with E-state index >= 15 is 0 Å². The predicted molar refractivity (Wildman–Crippen MR) is 112 cm³/mol. The van der Waals surface area contributed by atoms with Gasteiger partial charge in [0.05, 0.1) is 12.6 Å². The summed E-state index contributed by atoms with van der Waals surface area (Å²) in [6.07, 6.45) is -0.289. The van der Waals surface area contributed by atoms with Crippen molar-refractivity contribution in [3.8, 4) is 0 Å². The van der Waals surface area contributed by atoms with Crippen molar-refractivity contribution in [2.75, 3.05) is 36.5 Å². The van der Waals surface area contributed by atoms with Gasteiger partial charge in [0.1, 0.15) is 0 Å². The molecule has 150 valence electrons. The zero-order valence-electron chi connectivity index (χ0n) is 16.8. The van der Waals surface area contributed by atoms with Crippen molar-refractivity contribution >= 4 is 17.4 Å². The van der Waals surface area contributed by atoms with E-state index in [1.165, 1.54) is 0 Å². The molecule has 3 rings (SSSR count). The molecule has 6 nitrogen and oxygen atoms in total. The lowest BCUT2D eigenvalue weighted by molar-refractivity contribution is -0.129. The van der Waals surface area contributed by atoms with E-state index < -0.39 is 0 Å². The molecule has 2 aromatic rings. The first-order valence-corrected chi connectivity index (χ1v) is 9.82. The molecule has 6 heteroatoms. The van der Waals surface area contributed by atoms with Crippen molar-refractivity contribution in [2.45, 2.75) is 33.1 Å². The van der Waals surface area contributed by atoms with Crippen molar-refractivity contribution in [3.05, 3.63) is 59.7 Å². The summed E-state index contributed by atoms with van der Waals surface area (Å²) in [4.78, 5) is 14.7. The molecule has 0 aromatic heterocycles. The molecule has 0 saturated carbocycles. The molecule has 1 atom stereocenters. The van der Waals surface area contributed by atoms with E-state index in [-0.39, 0.29) is 18.4 Å². The van der Waals surface area contributed by atoms with Crippen LogP contribution in [0.1, 0.15) is 31.0 Å². The number of fused-ring (bicyclic) bond motifs is 1. The monoisotopic (exact) mass is 383 g/mol. The average molecular weight is 383 g/mol. The third kappa shape index (κ3) is 5.03. The van der Waals surface area contributed by atoms with Crippen molar-refractivity contribution in [1.29, 1.82) is 0 Å². The zero-order chi connectivity index (χ0) is 19.9. The number of urea groups is 1. The van der Waals surface area contributed by atoms with Crippen LogP contribution in [0, 0.1) is 6.92 Å². The van der Waals surface area contributed by atoms with Crippen LogP contribution >= 0.6 is 0 Å². The van der Waals surface area contributed by atoms with Crippen LogP contribution in [0.25, 0.3) is 0 Å². The number of carbonyl (C=O) groups excluding carboxylic acids is 1. The lowest BCUT2D eigenvalue weighted by Crippen LogP contribution is -2.39. The SMILES string of the molecule is CCOC(CN1CC(NC(=O)Nc2ccc(C)cc2)c2ccccc21)OCC. The van der Waals surface area contributed by atoms with Crippen LogP contribution in [0.3, 0.4) is 0 Å². The average Bonchev–Trinajstić information content (AvgIpc) is 3.01. The molecule has 1 aliphatic heterocycles. The van der Waals surface area contributed by atoms with Gasteiger partial charge in [-0.3, -0.25) is 0 Å². The molecule has 0 bridgehead atoms. The lowest BCUT2D eigenvalue weighted by atomic mass is 10.1. The first kappa shape index (κ1) is 20.2. The highest BCUT2D eigenvalue weighted by atomic mass is 16.7. The smallest absolute Gasteiger partial charge is 0.319 e. The Labute approximate surface area is 166 Å². The summed E-state index contributed by atoms with van der Waals surface area (Å²) in [5, 5.41) is 6.00. The first-order chi connectivity index (χ1) is 13.6. The molecule has 2 N–H and O–H groups in total. The molecule has 28 heavy (non-hydrogen) atoms. The third-order valence-corrected chi connectivity index (χ3v) is 4.75. The number of carbonyl (C=O) groups is 1. The van der Waals surface area contributed by atoms with Crippen molar-refractivity contribution in [1.82, 2.24) is 5.32 Å². The van der Waals surface area contributed by atoms with E-state index in [2.05, 4.69) is 27.7 Å². The normalized spacial score (nSPS) is 15.6. The summed E-state index contributed by atoms with van der Waals surface area (Å²) >= 11 is 0. The highest BCUT2D eigenvalue weighted by molar-refractivity contribution is 5.90. The van der Waals surface area contributed by atoms with Gasteiger partial charge >= 0.3 is 6.03 Å². The maximum absolute atomic E-state index is 12.5. The molecular formula is C22H29N3O3. The number of amides is 2. The van der Waals surface area contributed by atoms with E-state index in [4.69, 9.17) is 9.47 Å². The van der Waals surface area contributed by atoms with Gasteiger partial charge in [0, 0.05) is 31.1 Å². The van der Waals surface area contributed by atoms with Crippen LogP contribution < -0.4 is 15.5 Å². The summed E-state index contributed by atoms with van der Waals surface area (Å²) in [5.41, 5.74) is 4.14. The van der Waals surface area contributed by atoms with Gasteiger partial charge in [-0.2, -0.15) is 0 Å². The van der Waals surface area contributed by atoms with Crippen LogP contribution in [0.5, 0.6) is 0 Å². The molecule has 0 saturated heterocycles. The molecule has 1 unspecified atom stereocenters. The minimum absolute atomic E-state index is 0.0921. The van der Waals surface area contributed by atoms with Gasteiger partial charge in [-0.15, -0.1) is 0 Å². The zero-order valence-corrected chi connectivity index (χ0v) is 16.8. The second kappa shape index (κ2) is 9.57. The van der Waals surface area contributed by atoms with Gasteiger partial charge in [0.2, 0.25) is 0 Å². The molecule has 0 aliphatic carbocycles. The fourth-order valence-electron chi connectivity index (χ4n) is 3.45. The number of rotatable bonds is 8. The van der Waals surface area contributed by atoms with Gasteiger partial charge in [0.25, 0.3) is 0 Å². The lowest BCUT2D eigenvalue weighted by Gasteiger charge is -2.26. The minimum Gasteiger partial charge on any atom is -0.364 e. The quantitative estimate of drug-likeness (QED) is 0.675. The Kier molecular flexibility index (Phi) is 6.90. The topological polar surface area (TPSA) is 62.8 Å². The third-order valence-electron chi connectivity index (χ3n) is 4.75. The summed E-state index contributed by atoms with van der Waals surface area (Å²) < 4.78 is 11.4. The molecule has 0 fully saturated rings. The molecular weight excluding hydrogens is 354 g/mol. The Morgan fingerprint density at radius 1 is 1.11 bits per heavy atom. The highest BCUT2D eigenvalue weighted by Crippen LogP contribution is 2.34. The van der Waals surface area contributed by atoms with Crippen LogP contribution in [-0.2, 0) is 9.47 Å². The van der Waals surface area contributed by atoms with Gasteiger partial charge < -0.3 is 25.0 Å². The number of nitrogens with one attached hydrogen (secondary N) is 2. The van der Waals surface area contributed by atoms with Crippen LogP contribution in [-0.4, -0.2) is 38.6 Å². The van der Waals surface area contributed by atoms with Crippen molar-refractivity contribution < 1.29 is 14.3 Å². The number of hydrogen-bond donors (Lipinski definition) is 2. The molecule has 2 amide bonds. The maximum atomic E-state index is 12.5. The number of para-hydroxylation sites is 1. The van der Waals surface area contributed by atoms with Crippen molar-refractivity contribution in [2.24, 2.45) is 0 Å². The van der Waals surface area contributed by atoms with E-state index in [0.29, 0.717) is 26.3 Å². The molecule has 2 aromatic carbocycles. The molecule has 0 spiro atoms. The first-order valence-electron chi connectivity index (χ1n) is 9.82. The second-order valence-electron chi connectivity index (χ2n) is 6.82. The van der Waals surface area contributed by atoms with Crippen LogP contribution in [0.2, 0.25) is 0 Å². The van der Waals surface area contributed by atoms with Crippen LogP contribution in [0.15, 0.2) is 48.5 Å². The molecule has 1 heterocycles. The number of nitrogens with zero attached hydrogens (tertiary/aromatic N) is 1. The second-order valence-corrected chi connectivity index (χ2v) is 6.82. The van der Waals surface area contributed by atoms with Gasteiger partial charge in [-0.05, 0) is 44.5 Å². The maximum Gasteiger partial charge on any atom is 0.319 e.